The number of ether oxygens (including phenoxy) is 1. The Labute approximate surface area is 144 Å². The third-order valence-electron chi connectivity index (χ3n) is 3.51. The number of benzene rings is 1. The second kappa shape index (κ2) is 7.62. The zero-order valence-corrected chi connectivity index (χ0v) is 15.1. The molecule has 0 fully saturated rings. The molecular formula is C19H27N3O2. The predicted molar refractivity (Wildman–Crippen MR) is 94.9 cm³/mol. The van der Waals surface area contributed by atoms with Gasteiger partial charge in [0.2, 0.25) is 0 Å². The number of carbonyl (C=O) groups is 1. The van der Waals surface area contributed by atoms with E-state index >= 15 is 0 Å². The maximum absolute atomic E-state index is 12.3. The number of nitrogens with zero attached hydrogens (tertiary/aromatic N) is 2. The summed E-state index contributed by atoms with van der Waals surface area (Å²) >= 11 is 0. The van der Waals surface area contributed by atoms with E-state index in [1.807, 2.05) is 82.0 Å². The van der Waals surface area contributed by atoms with E-state index in [2.05, 4.69) is 10.4 Å². The van der Waals surface area contributed by atoms with Crippen LogP contribution in [0.25, 0.3) is 5.69 Å². The highest BCUT2D eigenvalue weighted by atomic mass is 16.6. The summed E-state index contributed by atoms with van der Waals surface area (Å²) in [6.07, 6.45) is 3.78. The van der Waals surface area contributed by atoms with Crippen molar-refractivity contribution in [3.05, 3.63) is 48.3 Å². The van der Waals surface area contributed by atoms with E-state index in [1.54, 1.807) is 0 Å². The molecule has 0 spiro atoms. The maximum atomic E-state index is 12.3. The summed E-state index contributed by atoms with van der Waals surface area (Å²) in [5, 5.41) is 7.67. The molecule has 130 valence electrons. The topological polar surface area (TPSA) is 56.2 Å². The van der Waals surface area contributed by atoms with Crippen LogP contribution in [0.3, 0.4) is 0 Å². The van der Waals surface area contributed by atoms with Crippen LogP contribution in [-0.4, -0.2) is 27.4 Å². The Hall–Kier alpha value is -2.14. The first-order valence-corrected chi connectivity index (χ1v) is 8.31. The summed E-state index contributed by atoms with van der Waals surface area (Å²) in [6, 6.07) is 9.59. The lowest BCUT2D eigenvalue weighted by molar-refractivity contribution is -0.158. The second-order valence-corrected chi connectivity index (χ2v) is 7.26. The summed E-state index contributed by atoms with van der Waals surface area (Å²) in [4.78, 5) is 12.3. The van der Waals surface area contributed by atoms with E-state index in [0.717, 1.165) is 11.3 Å². The fraction of sp³-hybridized carbons (Fsp3) is 0.474. The molecule has 5 heteroatoms. The zero-order chi connectivity index (χ0) is 17.7. The van der Waals surface area contributed by atoms with E-state index in [-0.39, 0.29) is 17.9 Å². The van der Waals surface area contributed by atoms with Crippen molar-refractivity contribution in [2.45, 2.75) is 52.8 Å². The minimum Gasteiger partial charge on any atom is -0.459 e. The maximum Gasteiger partial charge on any atom is 0.323 e. The third kappa shape index (κ3) is 5.20. The van der Waals surface area contributed by atoms with Crippen LogP contribution in [0.2, 0.25) is 0 Å². The van der Waals surface area contributed by atoms with E-state index in [1.165, 1.54) is 0 Å². The molecule has 0 aliphatic carbocycles. The monoisotopic (exact) mass is 329 g/mol. The summed E-state index contributed by atoms with van der Waals surface area (Å²) in [6.45, 7) is 10.2. The van der Waals surface area contributed by atoms with Crippen LogP contribution in [0.4, 0.5) is 0 Å². The van der Waals surface area contributed by atoms with Crippen LogP contribution in [0.5, 0.6) is 0 Å². The largest absolute Gasteiger partial charge is 0.459 e. The fourth-order valence-corrected chi connectivity index (χ4v) is 2.36. The van der Waals surface area contributed by atoms with Gasteiger partial charge in [0.15, 0.2) is 0 Å². The van der Waals surface area contributed by atoms with Gasteiger partial charge in [-0.05, 0) is 38.8 Å². The SMILES string of the molecule is CC(C)[C@H](NCc1cnn(-c2ccccc2)c1)C(=O)OC(C)(C)C. The van der Waals surface area contributed by atoms with E-state index in [9.17, 15) is 4.79 Å². The predicted octanol–water partition coefficient (Wildman–Crippen LogP) is 3.33. The molecular weight excluding hydrogens is 302 g/mol. The molecule has 1 atom stereocenters. The molecule has 1 heterocycles. The van der Waals surface area contributed by atoms with Crippen LogP contribution in [-0.2, 0) is 16.1 Å². The van der Waals surface area contributed by atoms with Gasteiger partial charge < -0.3 is 4.74 Å². The van der Waals surface area contributed by atoms with Gasteiger partial charge >= 0.3 is 5.97 Å². The quantitative estimate of drug-likeness (QED) is 0.826. The van der Waals surface area contributed by atoms with Crippen molar-refractivity contribution in [1.29, 1.82) is 0 Å². The smallest absolute Gasteiger partial charge is 0.323 e. The lowest BCUT2D eigenvalue weighted by Gasteiger charge is -2.26. The molecule has 0 saturated heterocycles. The van der Waals surface area contributed by atoms with Crippen LogP contribution in [0.15, 0.2) is 42.7 Å². The minimum absolute atomic E-state index is 0.143. The van der Waals surface area contributed by atoms with Gasteiger partial charge in [0, 0.05) is 18.3 Å². The van der Waals surface area contributed by atoms with E-state index < -0.39 is 5.60 Å². The molecule has 2 aromatic rings. The number of hydrogen-bond acceptors (Lipinski definition) is 4. The highest BCUT2D eigenvalue weighted by molar-refractivity contribution is 5.76. The lowest BCUT2D eigenvalue weighted by Crippen LogP contribution is -2.44. The number of hydrogen-bond donors (Lipinski definition) is 1. The zero-order valence-electron chi connectivity index (χ0n) is 15.1. The molecule has 1 aromatic heterocycles. The van der Waals surface area contributed by atoms with Gasteiger partial charge in [-0.2, -0.15) is 5.10 Å². The van der Waals surface area contributed by atoms with Crippen molar-refractivity contribution < 1.29 is 9.53 Å². The summed E-state index contributed by atoms with van der Waals surface area (Å²) in [5.74, 6) is -0.0723. The summed E-state index contributed by atoms with van der Waals surface area (Å²) < 4.78 is 7.33. The average molecular weight is 329 g/mol. The Morgan fingerprint density at radius 2 is 1.92 bits per heavy atom. The molecule has 0 amide bonds. The Balaban J connectivity index is 2.00. The molecule has 0 aliphatic rings. The molecule has 0 unspecified atom stereocenters. The van der Waals surface area contributed by atoms with E-state index in [4.69, 9.17) is 4.74 Å². The molecule has 0 radical (unpaired) electrons. The van der Waals surface area contributed by atoms with Crippen molar-refractivity contribution in [2.75, 3.05) is 0 Å². The number of aromatic nitrogens is 2. The van der Waals surface area contributed by atoms with Gasteiger partial charge in [-0.1, -0.05) is 32.0 Å². The van der Waals surface area contributed by atoms with Crippen molar-refractivity contribution in [3.8, 4) is 5.69 Å². The normalized spacial score (nSPS) is 13.1. The number of nitrogens with one attached hydrogen (secondary N) is 1. The van der Waals surface area contributed by atoms with Gasteiger partial charge in [-0.25, -0.2) is 4.68 Å². The molecule has 1 N–H and O–H groups in total. The van der Waals surface area contributed by atoms with Crippen LogP contribution in [0.1, 0.15) is 40.2 Å². The first-order valence-electron chi connectivity index (χ1n) is 8.31. The van der Waals surface area contributed by atoms with Crippen LogP contribution < -0.4 is 5.32 Å². The van der Waals surface area contributed by atoms with E-state index in [0.29, 0.717) is 6.54 Å². The molecule has 0 bridgehead atoms. The third-order valence-corrected chi connectivity index (χ3v) is 3.51. The van der Waals surface area contributed by atoms with Gasteiger partial charge in [-0.3, -0.25) is 10.1 Å². The van der Waals surface area contributed by atoms with Crippen molar-refractivity contribution in [3.63, 3.8) is 0 Å². The fourth-order valence-electron chi connectivity index (χ4n) is 2.36. The lowest BCUT2D eigenvalue weighted by atomic mass is 10.0. The Morgan fingerprint density at radius 1 is 1.25 bits per heavy atom. The molecule has 1 aromatic carbocycles. The van der Waals surface area contributed by atoms with Gasteiger partial charge in [0.1, 0.15) is 11.6 Å². The highest BCUT2D eigenvalue weighted by Gasteiger charge is 2.27. The molecule has 5 nitrogen and oxygen atoms in total. The highest BCUT2D eigenvalue weighted by Crippen LogP contribution is 2.13. The standard InChI is InChI=1S/C19H27N3O2/c1-14(2)17(18(23)24-19(3,4)5)20-11-15-12-21-22(13-15)16-9-7-6-8-10-16/h6-10,12-14,17,20H,11H2,1-5H3/t17-/m0/s1. The summed E-state index contributed by atoms with van der Waals surface area (Å²) in [7, 11) is 0. The first kappa shape index (κ1) is 18.2. The Bertz CT molecular complexity index is 657. The van der Waals surface area contributed by atoms with Crippen molar-refractivity contribution >= 4 is 5.97 Å². The first-order chi connectivity index (χ1) is 11.3. The Kier molecular flexibility index (Phi) is 5.78. The Morgan fingerprint density at radius 3 is 2.50 bits per heavy atom. The molecule has 0 saturated carbocycles. The van der Waals surface area contributed by atoms with Gasteiger partial charge in [0.25, 0.3) is 0 Å². The van der Waals surface area contributed by atoms with Crippen molar-refractivity contribution in [1.82, 2.24) is 15.1 Å². The molecule has 2 rings (SSSR count). The number of esters is 1. The van der Waals surface area contributed by atoms with Crippen LogP contribution >= 0.6 is 0 Å². The summed E-state index contributed by atoms with van der Waals surface area (Å²) in [5.41, 5.74) is 1.55. The van der Waals surface area contributed by atoms with Crippen LogP contribution in [0, 0.1) is 5.92 Å². The minimum atomic E-state index is -0.482. The average Bonchev–Trinajstić information content (AvgIpc) is 2.95. The number of para-hydroxylation sites is 1. The number of carbonyl (C=O) groups excluding carboxylic acids is 1. The van der Waals surface area contributed by atoms with Gasteiger partial charge in [0.05, 0.1) is 11.9 Å². The molecule has 0 aliphatic heterocycles. The second-order valence-electron chi connectivity index (χ2n) is 7.26. The van der Waals surface area contributed by atoms with Gasteiger partial charge in [-0.15, -0.1) is 0 Å². The molecule has 24 heavy (non-hydrogen) atoms. The van der Waals surface area contributed by atoms with Crippen molar-refractivity contribution in [2.24, 2.45) is 5.92 Å². The number of rotatable bonds is 6.